The quantitative estimate of drug-likeness (QED) is 0.679. The fourth-order valence-corrected chi connectivity index (χ4v) is 1.61. The van der Waals surface area contributed by atoms with Crippen molar-refractivity contribution in [2.45, 2.75) is 38.4 Å². The van der Waals surface area contributed by atoms with E-state index in [1.165, 1.54) is 0 Å². The maximum absolute atomic E-state index is 11.8. The molecule has 76 valence electrons. The molecule has 0 aromatic carbocycles. The fraction of sp³-hybridized carbons (Fsp3) is 0.875. The zero-order chi connectivity index (χ0) is 10.1. The standard InChI is InChI=1S/C8H12F3NO/c1-5-2-3-6(4-5)12-7(13)8(9,10)11/h5-6H,2-4H2,1H3,(H,12,13). The van der Waals surface area contributed by atoms with Crippen LogP contribution in [0.2, 0.25) is 0 Å². The van der Waals surface area contributed by atoms with E-state index < -0.39 is 12.1 Å². The third-order valence-electron chi connectivity index (χ3n) is 2.29. The van der Waals surface area contributed by atoms with Crippen LogP contribution in [0.3, 0.4) is 0 Å². The van der Waals surface area contributed by atoms with Crippen LogP contribution in [0.25, 0.3) is 0 Å². The summed E-state index contributed by atoms with van der Waals surface area (Å²) in [5.41, 5.74) is 0. The molecular weight excluding hydrogens is 183 g/mol. The van der Waals surface area contributed by atoms with Crippen molar-refractivity contribution in [1.29, 1.82) is 0 Å². The molecule has 1 amide bonds. The lowest BCUT2D eigenvalue weighted by Crippen LogP contribution is -2.42. The van der Waals surface area contributed by atoms with E-state index in [-0.39, 0.29) is 6.04 Å². The molecule has 1 aliphatic carbocycles. The Morgan fingerprint density at radius 3 is 2.38 bits per heavy atom. The zero-order valence-corrected chi connectivity index (χ0v) is 7.32. The van der Waals surface area contributed by atoms with Gasteiger partial charge in [0, 0.05) is 6.04 Å². The molecule has 1 N–H and O–H groups in total. The number of hydrogen-bond acceptors (Lipinski definition) is 1. The van der Waals surface area contributed by atoms with Gasteiger partial charge in [-0.1, -0.05) is 6.92 Å². The molecule has 2 unspecified atom stereocenters. The van der Waals surface area contributed by atoms with Crippen molar-refractivity contribution < 1.29 is 18.0 Å². The van der Waals surface area contributed by atoms with Gasteiger partial charge in [0.05, 0.1) is 0 Å². The Hall–Kier alpha value is -0.740. The van der Waals surface area contributed by atoms with Crippen molar-refractivity contribution in [2.24, 2.45) is 5.92 Å². The molecule has 0 aliphatic heterocycles. The second-order valence-corrected chi connectivity index (χ2v) is 3.59. The van der Waals surface area contributed by atoms with Crippen molar-refractivity contribution in [1.82, 2.24) is 5.32 Å². The SMILES string of the molecule is CC1CCC(NC(=O)C(F)(F)F)C1. The number of alkyl halides is 3. The van der Waals surface area contributed by atoms with E-state index in [2.05, 4.69) is 0 Å². The van der Waals surface area contributed by atoms with Crippen LogP contribution in [-0.2, 0) is 4.79 Å². The average molecular weight is 195 g/mol. The molecule has 0 bridgehead atoms. The van der Waals surface area contributed by atoms with Gasteiger partial charge in [-0.15, -0.1) is 0 Å². The number of halogens is 3. The lowest BCUT2D eigenvalue weighted by molar-refractivity contribution is -0.174. The van der Waals surface area contributed by atoms with Crippen LogP contribution in [0.4, 0.5) is 13.2 Å². The van der Waals surface area contributed by atoms with Crippen molar-refractivity contribution in [3.05, 3.63) is 0 Å². The van der Waals surface area contributed by atoms with Crippen LogP contribution in [0.1, 0.15) is 26.2 Å². The van der Waals surface area contributed by atoms with Crippen molar-refractivity contribution >= 4 is 5.91 Å². The summed E-state index contributed by atoms with van der Waals surface area (Å²) < 4.78 is 35.4. The van der Waals surface area contributed by atoms with Gasteiger partial charge in [0.25, 0.3) is 0 Å². The van der Waals surface area contributed by atoms with E-state index in [1.54, 1.807) is 0 Å². The Labute approximate surface area is 74.5 Å². The van der Waals surface area contributed by atoms with E-state index in [9.17, 15) is 18.0 Å². The molecule has 1 saturated carbocycles. The van der Waals surface area contributed by atoms with Gasteiger partial charge in [-0.3, -0.25) is 4.79 Å². The highest BCUT2D eigenvalue weighted by molar-refractivity contribution is 5.81. The van der Waals surface area contributed by atoms with Crippen LogP contribution < -0.4 is 5.32 Å². The van der Waals surface area contributed by atoms with E-state index in [1.807, 2.05) is 12.2 Å². The van der Waals surface area contributed by atoms with Crippen molar-refractivity contribution in [3.63, 3.8) is 0 Å². The number of amides is 1. The van der Waals surface area contributed by atoms with Crippen LogP contribution >= 0.6 is 0 Å². The Bertz CT molecular complexity index is 202. The minimum atomic E-state index is -4.74. The predicted molar refractivity (Wildman–Crippen MR) is 41.0 cm³/mol. The molecule has 0 spiro atoms. The summed E-state index contributed by atoms with van der Waals surface area (Å²) in [6, 6.07) is -0.288. The molecular formula is C8H12F3NO. The second-order valence-electron chi connectivity index (χ2n) is 3.59. The van der Waals surface area contributed by atoms with Gasteiger partial charge in [-0.05, 0) is 25.2 Å². The highest BCUT2D eigenvalue weighted by atomic mass is 19.4. The summed E-state index contributed by atoms with van der Waals surface area (Å²) in [5, 5.41) is 1.99. The minimum Gasteiger partial charge on any atom is -0.346 e. The van der Waals surface area contributed by atoms with Gasteiger partial charge < -0.3 is 5.32 Å². The maximum Gasteiger partial charge on any atom is 0.471 e. The van der Waals surface area contributed by atoms with E-state index >= 15 is 0 Å². The molecule has 0 aromatic rings. The van der Waals surface area contributed by atoms with Crippen LogP contribution in [-0.4, -0.2) is 18.1 Å². The molecule has 1 aliphatic rings. The Morgan fingerprint density at radius 2 is 2.00 bits per heavy atom. The molecule has 0 saturated heterocycles. The molecule has 1 fully saturated rings. The molecule has 0 heterocycles. The number of carbonyl (C=O) groups excluding carboxylic acids is 1. The summed E-state index contributed by atoms with van der Waals surface area (Å²) in [5.74, 6) is -1.40. The number of hydrogen-bond donors (Lipinski definition) is 1. The van der Waals surface area contributed by atoms with Crippen LogP contribution in [0.5, 0.6) is 0 Å². The molecule has 0 radical (unpaired) electrons. The third kappa shape index (κ3) is 2.90. The highest BCUT2D eigenvalue weighted by Gasteiger charge is 2.40. The first-order valence-electron chi connectivity index (χ1n) is 4.27. The van der Waals surface area contributed by atoms with E-state index in [0.717, 1.165) is 6.42 Å². The molecule has 1 rings (SSSR count). The molecule has 5 heteroatoms. The highest BCUT2D eigenvalue weighted by Crippen LogP contribution is 2.25. The summed E-state index contributed by atoms with van der Waals surface area (Å²) in [6.45, 7) is 1.97. The first-order chi connectivity index (χ1) is 5.89. The summed E-state index contributed by atoms with van der Waals surface area (Å²) in [7, 11) is 0. The van der Waals surface area contributed by atoms with E-state index in [0.29, 0.717) is 18.8 Å². The monoisotopic (exact) mass is 195 g/mol. The normalized spacial score (nSPS) is 28.9. The smallest absolute Gasteiger partial charge is 0.346 e. The first-order valence-corrected chi connectivity index (χ1v) is 4.27. The lowest BCUT2D eigenvalue weighted by Gasteiger charge is -2.13. The Balaban J connectivity index is 2.37. The molecule has 2 nitrogen and oxygen atoms in total. The van der Waals surface area contributed by atoms with Gasteiger partial charge in [0.1, 0.15) is 0 Å². The van der Waals surface area contributed by atoms with Gasteiger partial charge in [-0.25, -0.2) is 0 Å². The van der Waals surface area contributed by atoms with Gasteiger partial charge >= 0.3 is 12.1 Å². The van der Waals surface area contributed by atoms with Crippen molar-refractivity contribution in [2.75, 3.05) is 0 Å². The predicted octanol–water partition coefficient (Wildman–Crippen LogP) is 1.85. The summed E-state index contributed by atoms with van der Waals surface area (Å²) >= 11 is 0. The maximum atomic E-state index is 11.8. The topological polar surface area (TPSA) is 29.1 Å². The molecule has 0 aromatic heterocycles. The largest absolute Gasteiger partial charge is 0.471 e. The van der Waals surface area contributed by atoms with E-state index in [4.69, 9.17) is 0 Å². The minimum absolute atomic E-state index is 0.288. The molecule has 13 heavy (non-hydrogen) atoms. The Kier molecular flexibility index (Phi) is 2.83. The number of rotatable bonds is 1. The Morgan fingerprint density at radius 1 is 1.38 bits per heavy atom. The second kappa shape index (κ2) is 3.55. The van der Waals surface area contributed by atoms with Crippen LogP contribution in [0, 0.1) is 5.92 Å². The number of nitrogens with one attached hydrogen (secondary N) is 1. The fourth-order valence-electron chi connectivity index (χ4n) is 1.61. The van der Waals surface area contributed by atoms with Gasteiger partial charge in [-0.2, -0.15) is 13.2 Å². The number of carbonyl (C=O) groups is 1. The van der Waals surface area contributed by atoms with Crippen LogP contribution in [0.15, 0.2) is 0 Å². The molecule has 2 atom stereocenters. The van der Waals surface area contributed by atoms with Gasteiger partial charge in [0.15, 0.2) is 0 Å². The first kappa shape index (κ1) is 10.3. The summed E-state index contributed by atoms with van der Waals surface area (Å²) in [4.78, 5) is 10.5. The van der Waals surface area contributed by atoms with Gasteiger partial charge in [0.2, 0.25) is 0 Å². The summed E-state index contributed by atoms with van der Waals surface area (Å²) in [6.07, 6.45) is -2.54. The van der Waals surface area contributed by atoms with Crippen molar-refractivity contribution in [3.8, 4) is 0 Å². The zero-order valence-electron chi connectivity index (χ0n) is 7.32. The average Bonchev–Trinajstić information content (AvgIpc) is 2.33. The lowest BCUT2D eigenvalue weighted by atomic mass is 10.1. The third-order valence-corrected chi connectivity index (χ3v) is 2.29.